The van der Waals surface area contributed by atoms with E-state index >= 15 is 0 Å². The molecule has 118 valence electrons. The molecule has 2 aromatic rings. The molecule has 1 atom stereocenters. The summed E-state index contributed by atoms with van der Waals surface area (Å²) in [6, 6.07) is 16.5. The van der Waals surface area contributed by atoms with Crippen molar-refractivity contribution in [1.29, 1.82) is 0 Å². The van der Waals surface area contributed by atoms with E-state index in [1.54, 1.807) is 0 Å². The summed E-state index contributed by atoms with van der Waals surface area (Å²) in [7, 11) is 0. The van der Waals surface area contributed by atoms with E-state index in [2.05, 4.69) is 25.1 Å². The summed E-state index contributed by atoms with van der Waals surface area (Å²) in [5.74, 6) is -0.293. The van der Waals surface area contributed by atoms with E-state index in [1.807, 2.05) is 37.3 Å². The molecule has 0 radical (unpaired) electrons. The highest BCUT2D eigenvalue weighted by Gasteiger charge is 2.37. The van der Waals surface area contributed by atoms with E-state index in [1.165, 1.54) is 18.1 Å². The van der Waals surface area contributed by atoms with E-state index in [0.29, 0.717) is 12.8 Å². The first-order chi connectivity index (χ1) is 11.0. The number of aliphatic imine (C=N–C) groups is 1. The van der Waals surface area contributed by atoms with Gasteiger partial charge in [-0.05, 0) is 18.6 Å². The Morgan fingerprint density at radius 2 is 1.96 bits per heavy atom. The van der Waals surface area contributed by atoms with Gasteiger partial charge in [0.25, 0.3) is 0 Å². The Labute approximate surface area is 137 Å². The van der Waals surface area contributed by atoms with Crippen molar-refractivity contribution in [2.45, 2.75) is 39.3 Å². The van der Waals surface area contributed by atoms with Crippen LogP contribution in [0.1, 0.15) is 42.5 Å². The molecule has 0 amide bonds. The molecule has 0 N–H and O–H groups in total. The Morgan fingerprint density at radius 1 is 1.22 bits per heavy atom. The van der Waals surface area contributed by atoms with Crippen molar-refractivity contribution >= 4 is 11.7 Å². The van der Waals surface area contributed by atoms with Crippen LogP contribution in [0.15, 0.2) is 53.5 Å². The molecule has 3 nitrogen and oxygen atoms in total. The highest BCUT2D eigenvalue weighted by Crippen LogP contribution is 2.33. The smallest absolute Gasteiger partial charge is 0.304 e. The summed E-state index contributed by atoms with van der Waals surface area (Å²) < 4.78 is 5.64. The van der Waals surface area contributed by atoms with Crippen molar-refractivity contribution in [1.82, 2.24) is 0 Å². The molecule has 3 heteroatoms. The van der Waals surface area contributed by atoms with Gasteiger partial charge in [0.05, 0.1) is 5.71 Å². The van der Waals surface area contributed by atoms with Crippen molar-refractivity contribution < 1.29 is 9.53 Å². The average molecular weight is 307 g/mol. The summed E-state index contributed by atoms with van der Waals surface area (Å²) in [4.78, 5) is 16.5. The summed E-state index contributed by atoms with van der Waals surface area (Å²) in [6.45, 7) is 5.53. The quantitative estimate of drug-likeness (QED) is 0.802. The van der Waals surface area contributed by atoms with Crippen LogP contribution >= 0.6 is 0 Å². The molecule has 1 heterocycles. The number of rotatable bonds is 3. The molecule has 1 aliphatic heterocycles. The zero-order chi connectivity index (χ0) is 16.4. The van der Waals surface area contributed by atoms with Gasteiger partial charge in [-0.3, -0.25) is 4.79 Å². The molecule has 0 saturated carbocycles. The summed E-state index contributed by atoms with van der Waals surface area (Å²) in [5.41, 5.74) is 4.64. The van der Waals surface area contributed by atoms with Crippen LogP contribution in [0.2, 0.25) is 0 Å². The molecule has 1 aliphatic rings. The van der Waals surface area contributed by atoms with Crippen molar-refractivity contribution in [2.75, 3.05) is 0 Å². The maximum atomic E-state index is 11.6. The maximum absolute atomic E-state index is 11.6. The van der Waals surface area contributed by atoms with Gasteiger partial charge in [-0.2, -0.15) is 0 Å². The number of ether oxygens (including phenoxy) is 1. The number of carbonyl (C=O) groups is 1. The molecule has 0 bridgehead atoms. The van der Waals surface area contributed by atoms with Gasteiger partial charge in [0.2, 0.25) is 5.72 Å². The minimum atomic E-state index is -0.806. The van der Waals surface area contributed by atoms with E-state index in [0.717, 1.165) is 16.8 Å². The fourth-order valence-corrected chi connectivity index (χ4v) is 3.08. The highest BCUT2D eigenvalue weighted by atomic mass is 16.6. The van der Waals surface area contributed by atoms with E-state index < -0.39 is 5.72 Å². The van der Waals surface area contributed by atoms with Crippen LogP contribution in [0.3, 0.4) is 0 Å². The van der Waals surface area contributed by atoms with E-state index in [9.17, 15) is 4.79 Å². The van der Waals surface area contributed by atoms with Crippen LogP contribution in [-0.4, -0.2) is 17.4 Å². The summed E-state index contributed by atoms with van der Waals surface area (Å²) in [6.07, 6.45) is 1.27. The first-order valence-electron chi connectivity index (χ1n) is 7.98. The topological polar surface area (TPSA) is 38.7 Å². The second kappa shape index (κ2) is 5.99. The van der Waals surface area contributed by atoms with Crippen LogP contribution in [0.4, 0.5) is 0 Å². The van der Waals surface area contributed by atoms with E-state index in [4.69, 9.17) is 9.73 Å². The molecule has 0 fully saturated rings. The molecule has 1 unspecified atom stereocenters. The second-order valence-corrected chi connectivity index (χ2v) is 6.06. The second-order valence-electron chi connectivity index (χ2n) is 6.06. The molecule has 2 aromatic carbocycles. The van der Waals surface area contributed by atoms with Crippen LogP contribution in [0.25, 0.3) is 0 Å². The van der Waals surface area contributed by atoms with Crippen molar-refractivity contribution in [3.63, 3.8) is 0 Å². The predicted molar refractivity (Wildman–Crippen MR) is 91.8 cm³/mol. The predicted octanol–water partition coefficient (Wildman–Crippen LogP) is 4.06. The number of aryl methyl sites for hydroxylation is 1. The molecule has 23 heavy (non-hydrogen) atoms. The number of hydrogen-bond donors (Lipinski definition) is 0. The van der Waals surface area contributed by atoms with Crippen molar-refractivity contribution in [3.05, 3.63) is 70.8 Å². The Kier molecular flexibility index (Phi) is 4.03. The zero-order valence-corrected chi connectivity index (χ0v) is 13.8. The molecule has 3 rings (SSSR count). The Bertz CT molecular complexity index is 764. The van der Waals surface area contributed by atoms with Crippen LogP contribution in [-0.2, 0) is 16.0 Å². The standard InChI is InChI=1S/C20H21NO2/c1-4-20(23-15(3)22)13-17-11-10-14(2)12-18(17)19(21-20)16-8-6-5-7-9-16/h5-12H,4,13H2,1-3H3. The summed E-state index contributed by atoms with van der Waals surface area (Å²) >= 11 is 0. The Hall–Kier alpha value is -2.42. The van der Waals surface area contributed by atoms with Gasteiger partial charge in [0, 0.05) is 30.9 Å². The van der Waals surface area contributed by atoms with Gasteiger partial charge in [-0.1, -0.05) is 55.0 Å². The fourth-order valence-electron chi connectivity index (χ4n) is 3.08. The monoisotopic (exact) mass is 307 g/mol. The van der Waals surface area contributed by atoms with Crippen LogP contribution in [0.5, 0.6) is 0 Å². The lowest BCUT2D eigenvalue weighted by atomic mass is 9.86. The van der Waals surface area contributed by atoms with Crippen molar-refractivity contribution in [2.24, 2.45) is 4.99 Å². The van der Waals surface area contributed by atoms with Crippen molar-refractivity contribution in [3.8, 4) is 0 Å². The van der Waals surface area contributed by atoms with Gasteiger partial charge in [0.1, 0.15) is 0 Å². The molecular formula is C20H21NO2. The lowest BCUT2D eigenvalue weighted by Gasteiger charge is -2.34. The Morgan fingerprint density at radius 3 is 2.61 bits per heavy atom. The minimum absolute atomic E-state index is 0.293. The average Bonchev–Trinajstić information content (AvgIpc) is 2.55. The van der Waals surface area contributed by atoms with Crippen LogP contribution < -0.4 is 0 Å². The third-order valence-corrected chi connectivity index (χ3v) is 4.24. The molecule has 0 saturated heterocycles. The zero-order valence-electron chi connectivity index (χ0n) is 13.8. The number of esters is 1. The SMILES string of the molecule is CCC1(OC(C)=O)Cc2ccc(C)cc2C(c2ccccc2)=N1. The van der Waals surface area contributed by atoms with Gasteiger partial charge in [-0.25, -0.2) is 4.99 Å². The van der Waals surface area contributed by atoms with Crippen LogP contribution in [0, 0.1) is 6.92 Å². The maximum Gasteiger partial charge on any atom is 0.304 e. The minimum Gasteiger partial charge on any atom is -0.437 e. The molecule has 0 aliphatic carbocycles. The highest BCUT2D eigenvalue weighted by molar-refractivity contribution is 6.14. The van der Waals surface area contributed by atoms with E-state index in [-0.39, 0.29) is 5.97 Å². The number of hydrogen-bond acceptors (Lipinski definition) is 3. The fraction of sp³-hybridized carbons (Fsp3) is 0.300. The van der Waals surface area contributed by atoms with Gasteiger partial charge in [0.15, 0.2) is 0 Å². The number of carbonyl (C=O) groups excluding carboxylic acids is 1. The third kappa shape index (κ3) is 3.04. The first kappa shape index (κ1) is 15.5. The third-order valence-electron chi connectivity index (χ3n) is 4.24. The molecular weight excluding hydrogens is 286 g/mol. The molecule has 0 aromatic heterocycles. The number of benzene rings is 2. The van der Waals surface area contributed by atoms with Gasteiger partial charge in [-0.15, -0.1) is 0 Å². The lowest BCUT2D eigenvalue weighted by molar-refractivity contribution is -0.156. The van der Waals surface area contributed by atoms with Gasteiger partial charge < -0.3 is 4.74 Å². The largest absolute Gasteiger partial charge is 0.437 e. The lowest BCUT2D eigenvalue weighted by Crippen LogP contribution is -2.39. The normalized spacial score (nSPS) is 19.7. The molecule has 0 spiro atoms. The number of fused-ring (bicyclic) bond motifs is 1. The van der Waals surface area contributed by atoms with Gasteiger partial charge >= 0.3 is 5.97 Å². The number of nitrogens with zero attached hydrogens (tertiary/aromatic N) is 1. The first-order valence-corrected chi connectivity index (χ1v) is 7.98. The summed E-state index contributed by atoms with van der Waals surface area (Å²) in [5, 5.41) is 0. The Balaban J connectivity index is 2.19.